The molecule has 0 saturated carbocycles. The molecule has 0 saturated heterocycles. The Morgan fingerprint density at radius 3 is 2.41 bits per heavy atom. The lowest BCUT2D eigenvalue weighted by atomic mass is 10.1. The van der Waals surface area contributed by atoms with Gasteiger partial charge in [0.1, 0.15) is 11.6 Å². The summed E-state index contributed by atoms with van der Waals surface area (Å²) in [4.78, 5) is 12.2. The summed E-state index contributed by atoms with van der Waals surface area (Å²) < 4.78 is 44.0. The molecule has 0 unspecified atom stereocenters. The van der Waals surface area contributed by atoms with Crippen LogP contribution in [0.25, 0.3) is 0 Å². The van der Waals surface area contributed by atoms with Gasteiger partial charge in [-0.1, -0.05) is 18.2 Å². The second-order valence-electron chi connectivity index (χ2n) is 5.94. The maximum atomic E-state index is 13.7. The standard InChI is InChI=1S/C19H23FN2O4S/c1-3-26-17-10-8-16(9-11-17)21-19(23)14-22(27(2,24)25)13-12-15-6-4-5-7-18(15)20/h4-11H,3,12-14H2,1-2H3,(H,21,23). The number of anilines is 1. The molecule has 0 aliphatic carbocycles. The zero-order valence-corrected chi connectivity index (χ0v) is 16.1. The summed E-state index contributed by atoms with van der Waals surface area (Å²) in [5.74, 6) is -0.193. The van der Waals surface area contributed by atoms with Crippen molar-refractivity contribution in [3.63, 3.8) is 0 Å². The molecule has 0 bridgehead atoms. The van der Waals surface area contributed by atoms with Crippen LogP contribution in [-0.2, 0) is 21.2 Å². The van der Waals surface area contributed by atoms with E-state index in [9.17, 15) is 17.6 Å². The van der Waals surface area contributed by atoms with Crippen LogP contribution in [-0.4, -0.2) is 44.6 Å². The zero-order valence-electron chi connectivity index (χ0n) is 15.3. The Morgan fingerprint density at radius 2 is 1.81 bits per heavy atom. The molecule has 2 aromatic carbocycles. The molecule has 2 rings (SSSR count). The van der Waals surface area contributed by atoms with Gasteiger partial charge in [0.15, 0.2) is 0 Å². The fourth-order valence-electron chi connectivity index (χ4n) is 2.47. The topological polar surface area (TPSA) is 75.7 Å². The largest absolute Gasteiger partial charge is 0.494 e. The molecule has 0 aromatic heterocycles. The number of hydrogen-bond acceptors (Lipinski definition) is 4. The third-order valence-corrected chi connectivity index (χ3v) is 5.08. The number of halogens is 1. The van der Waals surface area contributed by atoms with Crippen molar-refractivity contribution in [3.05, 3.63) is 59.9 Å². The predicted molar refractivity (Wildman–Crippen MR) is 103 cm³/mol. The molecule has 0 heterocycles. The molecular weight excluding hydrogens is 371 g/mol. The summed E-state index contributed by atoms with van der Waals surface area (Å²) in [5.41, 5.74) is 0.934. The van der Waals surface area contributed by atoms with Crippen molar-refractivity contribution in [3.8, 4) is 5.75 Å². The lowest BCUT2D eigenvalue weighted by Gasteiger charge is -2.19. The quantitative estimate of drug-likeness (QED) is 0.710. The number of sulfonamides is 1. The van der Waals surface area contributed by atoms with Gasteiger partial charge in [-0.15, -0.1) is 0 Å². The van der Waals surface area contributed by atoms with Gasteiger partial charge in [-0.25, -0.2) is 12.8 Å². The van der Waals surface area contributed by atoms with Crippen LogP contribution in [0.4, 0.5) is 10.1 Å². The molecule has 27 heavy (non-hydrogen) atoms. The van der Waals surface area contributed by atoms with E-state index in [1.807, 2.05) is 6.92 Å². The predicted octanol–water partition coefficient (Wildman–Crippen LogP) is 2.67. The van der Waals surface area contributed by atoms with Gasteiger partial charge in [0, 0.05) is 12.2 Å². The molecule has 1 amide bonds. The fourth-order valence-corrected chi connectivity index (χ4v) is 3.24. The number of rotatable bonds is 9. The van der Waals surface area contributed by atoms with Gasteiger partial charge in [0.2, 0.25) is 15.9 Å². The van der Waals surface area contributed by atoms with Gasteiger partial charge in [-0.05, 0) is 49.2 Å². The summed E-state index contributed by atoms with van der Waals surface area (Å²) in [5, 5.41) is 2.65. The average Bonchev–Trinajstić information content (AvgIpc) is 2.61. The molecule has 6 nitrogen and oxygen atoms in total. The summed E-state index contributed by atoms with van der Waals surface area (Å²) >= 11 is 0. The second kappa shape index (κ2) is 9.48. The van der Waals surface area contributed by atoms with Gasteiger partial charge in [-0.2, -0.15) is 4.31 Å². The highest BCUT2D eigenvalue weighted by atomic mass is 32.2. The van der Waals surface area contributed by atoms with Gasteiger partial charge >= 0.3 is 0 Å². The lowest BCUT2D eigenvalue weighted by molar-refractivity contribution is -0.116. The van der Waals surface area contributed by atoms with Gasteiger partial charge < -0.3 is 10.1 Å². The van der Waals surface area contributed by atoms with E-state index in [1.165, 1.54) is 6.07 Å². The number of hydrogen-bond donors (Lipinski definition) is 1. The van der Waals surface area contributed by atoms with Crippen LogP contribution in [0.1, 0.15) is 12.5 Å². The molecule has 1 N–H and O–H groups in total. The number of carbonyl (C=O) groups excluding carboxylic acids is 1. The Kier molecular flexibility index (Phi) is 7.32. The van der Waals surface area contributed by atoms with E-state index >= 15 is 0 Å². The van der Waals surface area contributed by atoms with Crippen LogP contribution in [0, 0.1) is 5.82 Å². The Morgan fingerprint density at radius 1 is 1.15 bits per heavy atom. The first-order valence-electron chi connectivity index (χ1n) is 8.51. The maximum absolute atomic E-state index is 13.7. The summed E-state index contributed by atoms with van der Waals surface area (Å²) in [6.45, 7) is 2.07. The molecule has 0 aliphatic heterocycles. The third-order valence-electron chi connectivity index (χ3n) is 3.83. The smallest absolute Gasteiger partial charge is 0.239 e. The van der Waals surface area contributed by atoms with Gasteiger partial charge in [0.05, 0.1) is 19.4 Å². The molecular formula is C19H23FN2O4S. The molecule has 8 heteroatoms. The average molecular weight is 394 g/mol. The monoisotopic (exact) mass is 394 g/mol. The van der Waals surface area contributed by atoms with E-state index in [0.717, 1.165) is 10.6 Å². The Hall–Kier alpha value is -2.45. The molecule has 0 aliphatic rings. The minimum atomic E-state index is -3.62. The molecule has 2 aromatic rings. The molecule has 0 fully saturated rings. The number of amides is 1. The first kappa shape index (κ1) is 20.9. The molecule has 0 radical (unpaired) electrons. The maximum Gasteiger partial charge on any atom is 0.239 e. The highest BCUT2D eigenvalue weighted by Crippen LogP contribution is 2.16. The van der Waals surface area contributed by atoms with Crippen LogP contribution in [0.2, 0.25) is 0 Å². The van der Waals surface area contributed by atoms with Crippen molar-refractivity contribution < 1.29 is 22.3 Å². The van der Waals surface area contributed by atoms with E-state index in [4.69, 9.17) is 4.74 Å². The van der Waals surface area contributed by atoms with Crippen molar-refractivity contribution in [1.29, 1.82) is 0 Å². The van der Waals surface area contributed by atoms with Crippen molar-refractivity contribution in [2.24, 2.45) is 0 Å². The van der Waals surface area contributed by atoms with E-state index < -0.39 is 21.7 Å². The fraction of sp³-hybridized carbons (Fsp3) is 0.316. The Bertz CT molecular complexity index is 870. The number of nitrogens with one attached hydrogen (secondary N) is 1. The second-order valence-corrected chi connectivity index (χ2v) is 7.93. The van der Waals surface area contributed by atoms with E-state index in [1.54, 1.807) is 42.5 Å². The van der Waals surface area contributed by atoms with E-state index in [0.29, 0.717) is 23.6 Å². The van der Waals surface area contributed by atoms with Crippen LogP contribution >= 0.6 is 0 Å². The zero-order chi connectivity index (χ0) is 19.9. The highest BCUT2D eigenvalue weighted by Gasteiger charge is 2.20. The van der Waals surface area contributed by atoms with E-state index in [-0.39, 0.29) is 19.5 Å². The van der Waals surface area contributed by atoms with Crippen molar-refractivity contribution in [2.75, 3.05) is 31.3 Å². The first-order valence-corrected chi connectivity index (χ1v) is 10.4. The normalized spacial score (nSPS) is 11.4. The summed E-state index contributed by atoms with van der Waals surface area (Å²) in [6.07, 6.45) is 1.20. The van der Waals surface area contributed by atoms with E-state index in [2.05, 4.69) is 5.32 Å². The highest BCUT2D eigenvalue weighted by molar-refractivity contribution is 7.88. The first-order chi connectivity index (χ1) is 12.8. The molecule has 0 spiro atoms. The number of benzene rings is 2. The van der Waals surface area contributed by atoms with Crippen LogP contribution < -0.4 is 10.1 Å². The summed E-state index contributed by atoms with van der Waals surface area (Å²) in [6, 6.07) is 12.9. The van der Waals surface area contributed by atoms with Crippen molar-refractivity contribution in [2.45, 2.75) is 13.3 Å². The lowest BCUT2D eigenvalue weighted by Crippen LogP contribution is -2.38. The minimum absolute atomic E-state index is 0.0104. The number of carbonyl (C=O) groups is 1. The summed E-state index contributed by atoms with van der Waals surface area (Å²) in [7, 11) is -3.62. The Labute approximate surface area is 159 Å². The third kappa shape index (κ3) is 6.65. The number of ether oxygens (including phenoxy) is 1. The van der Waals surface area contributed by atoms with Crippen LogP contribution in [0.5, 0.6) is 5.75 Å². The van der Waals surface area contributed by atoms with Crippen molar-refractivity contribution >= 4 is 21.6 Å². The van der Waals surface area contributed by atoms with Crippen molar-refractivity contribution in [1.82, 2.24) is 4.31 Å². The SMILES string of the molecule is CCOc1ccc(NC(=O)CN(CCc2ccccc2F)S(C)(=O)=O)cc1. The van der Waals surface area contributed by atoms with Gasteiger partial charge in [-0.3, -0.25) is 4.79 Å². The van der Waals surface area contributed by atoms with Gasteiger partial charge in [0.25, 0.3) is 0 Å². The molecule has 146 valence electrons. The minimum Gasteiger partial charge on any atom is -0.494 e. The number of nitrogens with zero attached hydrogens (tertiary/aromatic N) is 1. The Balaban J connectivity index is 1.98. The van der Waals surface area contributed by atoms with Crippen LogP contribution in [0.15, 0.2) is 48.5 Å². The molecule has 0 atom stereocenters. The van der Waals surface area contributed by atoms with Crippen LogP contribution in [0.3, 0.4) is 0 Å².